The number of anilines is 1. The van der Waals surface area contributed by atoms with Gasteiger partial charge in [0.2, 0.25) is 0 Å². The first-order valence-corrected chi connectivity index (χ1v) is 7.66. The van der Waals surface area contributed by atoms with Crippen molar-refractivity contribution in [1.29, 1.82) is 0 Å². The number of halogens is 2. The normalized spacial score (nSPS) is 11.0. The minimum absolute atomic E-state index is 0.298. The Balaban J connectivity index is 2.07. The first-order chi connectivity index (χ1) is 9.95. The number of imidazole rings is 1. The van der Waals surface area contributed by atoms with E-state index in [9.17, 15) is 4.79 Å². The van der Waals surface area contributed by atoms with E-state index < -0.39 is 0 Å². The van der Waals surface area contributed by atoms with Gasteiger partial charge in [-0.2, -0.15) is 0 Å². The van der Waals surface area contributed by atoms with Crippen LogP contribution >= 0.6 is 34.5 Å². The van der Waals surface area contributed by atoms with Crippen LogP contribution in [0.5, 0.6) is 0 Å². The number of hydrogen-bond acceptors (Lipinski definition) is 4. The smallest absolute Gasteiger partial charge is 0.276 e. The molecule has 108 valence electrons. The van der Waals surface area contributed by atoms with Gasteiger partial charge in [0, 0.05) is 11.6 Å². The van der Waals surface area contributed by atoms with Gasteiger partial charge in [0.05, 0.1) is 21.4 Å². The van der Waals surface area contributed by atoms with Crippen LogP contribution < -0.4 is 5.32 Å². The summed E-state index contributed by atoms with van der Waals surface area (Å²) < 4.78 is 1.59. The molecule has 0 spiro atoms. The summed E-state index contributed by atoms with van der Waals surface area (Å²) in [7, 11) is 0. The van der Waals surface area contributed by atoms with E-state index in [0.29, 0.717) is 32.2 Å². The van der Waals surface area contributed by atoms with Crippen LogP contribution in [0.25, 0.3) is 5.65 Å². The topological polar surface area (TPSA) is 59.3 Å². The van der Waals surface area contributed by atoms with Crippen molar-refractivity contribution < 1.29 is 4.79 Å². The van der Waals surface area contributed by atoms with E-state index in [1.807, 2.05) is 12.3 Å². The summed E-state index contributed by atoms with van der Waals surface area (Å²) in [5, 5.41) is 6.00. The summed E-state index contributed by atoms with van der Waals surface area (Å²) >= 11 is 13.5. The van der Waals surface area contributed by atoms with Gasteiger partial charge in [-0.15, -0.1) is 11.3 Å². The number of fused-ring (bicyclic) bond motifs is 1. The maximum atomic E-state index is 12.5. The van der Waals surface area contributed by atoms with Gasteiger partial charge in [-0.25, -0.2) is 9.97 Å². The molecule has 0 aliphatic rings. The van der Waals surface area contributed by atoms with Crippen LogP contribution in [-0.4, -0.2) is 20.3 Å². The second-order valence-corrected chi connectivity index (χ2v) is 6.20. The predicted molar refractivity (Wildman–Crippen MR) is 84.8 cm³/mol. The highest BCUT2D eigenvalue weighted by molar-refractivity contribution is 7.13. The Labute approximate surface area is 134 Å². The zero-order chi connectivity index (χ0) is 15.1. The number of nitrogens with one attached hydrogen (secondary N) is 1. The minimum atomic E-state index is -0.298. The molecule has 0 aliphatic carbocycles. The molecule has 0 unspecified atom stereocenters. The minimum Gasteiger partial charge on any atom is -0.296 e. The highest BCUT2D eigenvalue weighted by Crippen LogP contribution is 2.25. The number of aromatic nitrogens is 3. The molecule has 0 aromatic carbocycles. The number of aryl methyl sites for hydroxylation is 2. The molecule has 21 heavy (non-hydrogen) atoms. The number of carbonyl (C=O) groups excluding carboxylic acids is 1. The van der Waals surface area contributed by atoms with E-state index in [4.69, 9.17) is 23.2 Å². The van der Waals surface area contributed by atoms with Gasteiger partial charge >= 0.3 is 0 Å². The highest BCUT2D eigenvalue weighted by Gasteiger charge is 2.19. The molecule has 0 saturated heterocycles. The molecule has 3 aromatic heterocycles. The third kappa shape index (κ3) is 2.62. The molecule has 3 heterocycles. The molecule has 0 bridgehead atoms. The van der Waals surface area contributed by atoms with E-state index in [1.54, 1.807) is 23.6 Å². The van der Waals surface area contributed by atoms with Crippen LogP contribution in [-0.2, 0) is 0 Å². The van der Waals surface area contributed by atoms with Crippen LogP contribution in [0.2, 0.25) is 10.0 Å². The van der Waals surface area contributed by atoms with Crippen LogP contribution in [0.15, 0.2) is 17.6 Å². The quantitative estimate of drug-likeness (QED) is 0.767. The maximum Gasteiger partial charge on any atom is 0.276 e. The summed E-state index contributed by atoms with van der Waals surface area (Å²) in [4.78, 5) is 21.0. The molecule has 1 N–H and O–H groups in total. The molecule has 0 atom stereocenters. The Bertz CT molecular complexity index is 855. The molecular formula is C13H10Cl2N4OS. The zero-order valence-corrected chi connectivity index (χ0v) is 13.5. The van der Waals surface area contributed by atoms with E-state index in [2.05, 4.69) is 15.3 Å². The number of hydrogen-bond donors (Lipinski definition) is 1. The van der Waals surface area contributed by atoms with Crippen LogP contribution in [0.1, 0.15) is 21.9 Å². The lowest BCUT2D eigenvalue weighted by Crippen LogP contribution is -2.15. The molecule has 0 radical (unpaired) electrons. The molecule has 8 heteroatoms. The van der Waals surface area contributed by atoms with Crippen molar-refractivity contribution in [3.05, 3.63) is 44.8 Å². The molecule has 3 rings (SSSR count). The molecule has 5 nitrogen and oxygen atoms in total. The number of pyridine rings is 1. The van der Waals surface area contributed by atoms with Gasteiger partial charge in [-0.1, -0.05) is 23.2 Å². The Morgan fingerprint density at radius 2 is 2.10 bits per heavy atom. The summed E-state index contributed by atoms with van der Waals surface area (Å²) in [5.41, 5.74) is 2.32. The van der Waals surface area contributed by atoms with Crippen molar-refractivity contribution in [2.45, 2.75) is 13.8 Å². The number of nitrogens with zero attached hydrogens (tertiary/aromatic N) is 3. The molecule has 1 amide bonds. The van der Waals surface area contributed by atoms with E-state index >= 15 is 0 Å². The molecule has 0 saturated carbocycles. The summed E-state index contributed by atoms with van der Waals surface area (Å²) in [6, 6.07) is 1.59. The molecular weight excluding hydrogens is 331 g/mol. The number of amides is 1. The van der Waals surface area contributed by atoms with Gasteiger partial charge in [0.15, 0.2) is 10.8 Å². The first kappa shape index (κ1) is 14.3. The molecule has 0 fully saturated rings. The summed E-state index contributed by atoms with van der Waals surface area (Å²) in [5.74, 6) is -0.298. The second-order valence-electron chi connectivity index (χ2n) is 4.49. The van der Waals surface area contributed by atoms with Crippen molar-refractivity contribution in [2.75, 3.05) is 5.32 Å². The van der Waals surface area contributed by atoms with Crippen molar-refractivity contribution in [1.82, 2.24) is 14.4 Å². The Morgan fingerprint density at radius 3 is 2.76 bits per heavy atom. The lowest BCUT2D eigenvalue weighted by molar-refractivity contribution is 0.102. The second kappa shape index (κ2) is 5.29. The number of carbonyl (C=O) groups is 1. The van der Waals surface area contributed by atoms with Crippen molar-refractivity contribution in [3.63, 3.8) is 0 Å². The van der Waals surface area contributed by atoms with Gasteiger partial charge in [0.25, 0.3) is 5.91 Å². The Hall–Kier alpha value is -1.63. The van der Waals surface area contributed by atoms with Crippen LogP contribution in [0.4, 0.5) is 5.13 Å². The van der Waals surface area contributed by atoms with Crippen molar-refractivity contribution >= 4 is 51.2 Å². The van der Waals surface area contributed by atoms with Gasteiger partial charge in [0.1, 0.15) is 5.69 Å². The molecule has 3 aromatic rings. The highest BCUT2D eigenvalue weighted by atomic mass is 35.5. The summed E-state index contributed by atoms with van der Waals surface area (Å²) in [6.07, 6.45) is 1.62. The SMILES string of the molecule is Cc1csc(NC(=O)c2c(C)nc3c(Cl)cc(Cl)cn23)n1. The van der Waals surface area contributed by atoms with Crippen LogP contribution in [0.3, 0.4) is 0 Å². The van der Waals surface area contributed by atoms with Crippen molar-refractivity contribution in [3.8, 4) is 0 Å². The lowest BCUT2D eigenvalue weighted by Gasteiger charge is -2.04. The van der Waals surface area contributed by atoms with Crippen LogP contribution in [0, 0.1) is 13.8 Å². The summed E-state index contributed by atoms with van der Waals surface area (Å²) in [6.45, 7) is 3.62. The molecule has 0 aliphatic heterocycles. The van der Waals surface area contributed by atoms with Gasteiger partial charge in [-0.05, 0) is 19.9 Å². The average Bonchev–Trinajstić information content (AvgIpc) is 2.92. The third-order valence-electron chi connectivity index (χ3n) is 2.87. The Kier molecular flexibility index (Phi) is 3.61. The third-order valence-corrected chi connectivity index (χ3v) is 4.23. The van der Waals surface area contributed by atoms with E-state index in [1.165, 1.54) is 11.3 Å². The predicted octanol–water partition coefficient (Wildman–Crippen LogP) is 3.97. The van der Waals surface area contributed by atoms with E-state index in [0.717, 1.165) is 5.69 Å². The fourth-order valence-electron chi connectivity index (χ4n) is 2.03. The standard InChI is InChI=1S/C13H10Cl2N4OS/c1-6-5-21-13(16-6)18-12(20)10-7(2)17-11-9(15)3-8(14)4-19(10)11/h3-5H,1-2H3,(H,16,18,20). The lowest BCUT2D eigenvalue weighted by atomic mass is 10.3. The van der Waals surface area contributed by atoms with Gasteiger partial charge < -0.3 is 0 Å². The van der Waals surface area contributed by atoms with Crippen molar-refractivity contribution in [2.24, 2.45) is 0 Å². The largest absolute Gasteiger partial charge is 0.296 e. The van der Waals surface area contributed by atoms with Gasteiger partial charge in [-0.3, -0.25) is 14.5 Å². The Morgan fingerprint density at radius 1 is 1.33 bits per heavy atom. The zero-order valence-electron chi connectivity index (χ0n) is 11.1. The fourth-order valence-corrected chi connectivity index (χ4v) is 3.22. The fraction of sp³-hybridized carbons (Fsp3) is 0.154. The van der Waals surface area contributed by atoms with E-state index in [-0.39, 0.29) is 5.91 Å². The average molecular weight is 341 g/mol. The number of thiazole rings is 1. The maximum absolute atomic E-state index is 12.5. The number of rotatable bonds is 2. The monoisotopic (exact) mass is 340 g/mol. The first-order valence-electron chi connectivity index (χ1n) is 6.03.